The second kappa shape index (κ2) is 8.48. The fourth-order valence-electron chi connectivity index (χ4n) is 2.29. The molecule has 5 heteroatoms. The highest BCUT2D eigenvalue weighted by Crippen LogP contribution is 2.14. The lowest BCUT2D eigenvalue weighted by Crippen LogP contribution is -2.17. The molecule has 0 heterocycles. The first-order valence-corrected chi connectivity index (χ1v) is 8.16. The normalized spacial score (nSPS) is 10.6. The van der Waals surface area contributed by atoms with Crippen LogP contribution in [0.25, 0.3) is 0 Å². The highest BCUT2D eigenvalue weighted by atomic mass is 16.5. The minimum absolute atomic E-state index is 0.294. The van der Waals surface area contributed by atoms with E-state index in [-0.39, 0.29) is 5.91 Å². The summed E-state index contributed by atoms with van der Waals surface area (Å²) in [5.41, 5.74) is 11.1. The summed E-state index contributed by atoms with van der Waals surface area (Å²) in [6.07, 6.45) is 1.57. The van der Waals surface area contributed by atoms with E-state index in [0.717, 1.165) is 16.9 Å². The first kappa shape index (κ1) is 17.2. The molecule has 3 aromatic carbocycles. The van der Waals surface area contributed by atoms with Gasteiger partial charge >= 0.3 is 0 Å². The fourth-order valence-corrected chi connectivity index (χ4v) is 2.29. The smallest absolute Gasteiger partial charge is 0.271 e. The van der Waals surface area contributed by atoms with Gasteiger partial charge in [-0.15, -0.1) is 0 Å². The summed E-state index contributed by atoms with van der Waals surface area (Å²) in [5, 5.41) is 3.99. The van der Waals surface area contributed by atoms with Crippen LogP contribution in [0.15, 0.2) is 84.0 Å². The summed E-state index contributed by atoms with van der Waals surface area (Å²) in [7, 11) is 0. The van der Waals surface area contributed by atoms with Gasteiger partial charge in [0, 0.05) is 11.3 Å². The molecule has 0 unspecified atom stereocenters. The molecule has 0 saturated carbocycles. The molecule has 0 atom stereocenters. The molecular formula is C21H19N3O2. The van der Waals surface area contributed by atoms with Gasteiger partial charge in [-0.3, -0.25) is 4.79 Å². The van der Waals surface area contributed by atoms with Crippen molar-refractivity contribution in [3.8, 4) is 5.75 Å². The van der Waals surface area contributed by atoms with E-state index in [4.69, 9.17) is 10.5 Å². The van der Waals surface area contributed by atoms with Gasteiger partial charge in [-0.1, -0.05) is 42.5 Å². The second-order valence-electron chi connectivity index (χ2n) is 5.67. The minimum atomic E-state index is -0.294. The van der Waals surface area contributed by atoms with Gasteiger partial charge in [-0.05, 0) is 47.5 Å². The molecule has 3 rings (SSSR count). The Hall–Kier alpha value is -3.60. The van der Waals surface area contributed by atoms with Crippen molar-refractivity contribution in [2.24, 2.45) is 5.10 Å². The molecule has 0 aliphatic carbocycles. The monoisotopic (exact) mass is 345 g/mol. The maximum atomic E-state index is 12.0. The van der Waals surface area contributed by atoms with E-state index in [2.05, 4.69) is 10.5 Å². The van der Waals surface area contributed by atoms with Crippen molar-refractivity contribution >= 4 is 17.8 Å². The predicted molar refractivity (Wildman–Crippen MR) is 103 cm³/mol. The van der Waals surface area contributed by atoms with Crippen molar-refractivity contribution < 1.29 is 9.53 Å². The summed E-state index contributed by atoms with van der Waals surface area (Å²) in [6, 6.07) is 24.1. The topological polar surface area (TPSA) is 76.7 Å². The molecule has 0 bridgehead atoms. The SMILES string of the molecule is Nc1ccc(C(=O)NN=Cc2cccc(OCc3ccccc3)c2)cc1. The van der Waals surface area contributed by atoms with Crippen LogP contribution in [0, 0.1) is 0 Å². The molecule has 0 saturated heterocycles. The van der Waals surface area contributed by atoms with Gasteiger partial charge in [0.15, 0.2) is 0 Å². The lowest BCUT2D eigenvalue weighted by atomic mass is 10.2. The zero-order valence-electron chi connectivity index (χ0n) is 14.1. The van der Waals surface area contributed by atoms with Gasteiger partial charge in [-0.2, -0.15) is 5.10 Å². The standard InChI is InChI=1S/C21H19N3O2/c22-19-11-9-18(10-12-19)21(25)24-23-14-17-7-4-8-20(13-17)26-15-16-5-2-1-3-6-16/h1-14H,15,22H2,(H,24,25). The molecule has 0 fully saturated rings. The van der Waals surface area contributed by atoms with E-state index in [0.29, 0.717) is 17.9 Å². The number of benzene rings is 3. The van der Waals surface area contributed by atoms with Gasteiger partial charge < -0.3 is 10.5 Å². The number of rotatable bonds is 6. The minimum Gasteiger partial charge on any atom is -0.489 e. The molecule has 0 spiro atoms. The number of carbonyl (C=O) groups excluding carboxylic acids is 1. The predicted octanol–water partition coefficient (Wildman–Crippen LogP) is 3.61. The third-order valence-corrected chi connectivity index (χ3v) is 3.66. The molecule has 0 aliphatic rings. The quantitative estimate of drug-likeness (QED) is 0.407. The van der Waals surface area contributed by atoms with E-state index in [1.54, 1.807) is 30.5 Å². The van der Waals surface area contributed by atoms with Gasteiger partial charge in [0.25, 0.3) is 5.91 Å². The van der Waals surface area contributed by atoms with Crippen molar-refractivity contribution in [3.05, 3.63) is 95.6 Å². The number of hydrogen-bond acceptors (Lipinski definition) is 4. The average molecular weight is 345 g/mol. The van der Waals surface area contributed by atoms with Crippen LogP contribution >= 0.6 is 0 Å². The molecule has 26 heavy (non-hydrogen) atoms. The number of nitrogens with one attached hydrogen (secondary N) is 1. The van der Waals surface area contributed by atoms with Crippen molar-refractivity contribution in [1.29, 1.82) is 0 Å². The summed E-state index contributed by atoms with van der Waals surface area (Å²) in [5.74, 6) is 0.445. The van der Waals surface area contributed by atoms with Gasteiger partial charge in [0.1, 0.15) is 12.4 Å². The van der Waals surface area contributed by atoms with Crippen LogP contribution in [0.4, 0.5) is 5.69 Å². The van der Waals surface area contributed by atoms with Gasteiger partial charge in [-0.25, -0.2) is 5.43 Å². The Balaban J connectivity index is 1.56. The molecule has 1 amide bonds. The Morgan fingerprint density at radius 2 is 1.77 bits per heavy atom. The molecule has 0 aromatic heterocycles. The number of amides is 1. The fraction of sp³-hybridized carbons (Fsp3) is 0.0476. The van der Waals surface area contributed by atoms with E-state index < -0.39 is 0 Å². The van der Waals surface area contributed by atoms with Crippen LogP contribution in [0.2, 0.25) is 0 Å². The van der Waals surface area contributed by atoms with Crippen molar-refractivity contribution in [1.82, 2.24) is 5.43 Å². The van der Waals surface area contributed by atoms with Crippen LogP contribution < -0.4 is 15.9 Å². The van der Waals surface area contributed by atoms with Crippen LogP contribution in [0.5, 0.6) is 5.75 Å². The maximum absolute atomic E-state index is 12.0. The zero-order chi connectivity index (χ0) is 18.2. The van der Waals surface area contributed by atoms with E-state index >= 15 is 0 Å². The number of nitrogens with two attached hydrogens (primary N) is 1. The lowest BCUT2D eigenvalue weighted by Gasteiger charge is -2.06. The number of hydrazone groups is 1. The number of ether oxygens (including phenoxy) is 1. The Bertz CT molecular complexity index is 891. The number of hydrogen-bond donors (Lipinski definition) is 2. The molecule has 3 aromatic rings. The summed E-state index contributed by atoms with van der Waals surface area (Å²) >= 11 is 0. The highest BCUT2D eigenvalue weighted by Gasteiger charge is 2.03. The maximum Gasteiger partial charge on any atom is 0.271 e. The third-order valence-electron chi connectivity index (χ3n) is 3.66. The van der Waals surface area contributed by atoms with Crippen LogP contribution in [0.3, 0.4) is 0 Å². The van der Waals surface area contributed by atoms with Crippen LogP contribution in [-0.2, 0) is 6.61 Å². The van der Waals surface area contributed by atoms with Crippen LogP contribution in [0.1, 0.15) is 21.5 Å². The number of anilines is 1. The van der Waals surface area contributed by atoms with Crippen molar-refractivity contribution in [2.75, 3.05) is 5.73 Å². The van der Waals surface area contributed by atoms with Gasteiger partial charge in [0.05, 0.1) is 6.21 Å². The molecule has 0 radical (unpaired) electrons. The number of nitrogens with zero attached hydrogens (tertiary/aromatic N) is 1. The zero-order valence-corrected chi connectivity index (χ0v) is 14.1. The first-order valence-electron chi connectivity index (χ1n) is 8.16. The molecule has 5 nitrogen and oxygen atoms in total. The summed E-state index contributed by atoms with van der Waals surface area (Å²) in [6.45, 7) is 0.495. The van der Waals surface area contributed by atoms with E-state index in [1.807, 2.05) is 54.6 Å². The molecular weight excluding hydrogens is 326 g/mol. The Morgan fingerprint density at radius 1 is 1.00 bits per heavy atom. The molecule has 3 N–H and O–H groups in total. The Labute approximate surface area is 152 Å². The Morgan fingerprint density at radius 3 is 2.54 bits per heavy atom. The summed E-state index contributed by atoms with van der Waals surface area (Å²) < 4.78 is 5.78. The van der Waals surface area contributed by atoms with Crippen molar-refractivity contribution in [2.45, 2.75) is 6.61 Å². The average Bonchev–Trinajstić information content (AvgIpc) is 2.68. The van der Waals surface area contributed by atoms with E-state index in [1.165, 1.54) is 0 Å². The molecule has 130 valence electrons. The number of nitrogen functional groups attached to an aromatic ring is 1. The number of carbonyl (C=O) groups is 1. The largest absolute Gasteiger partial charge is 0.489 e. The lowest BCUT2D eigenvalue weighted by molar-refractivity contribution is 0.0955. The van der Waals surface area contributed by atoms with E-state index in [9.17, 15) is 4.79 Å². The van der Waals surface area contributed by atoms with Crippen LogP contribution in [-0.4, -0.2) is 12.1 Å². The Kier molecular flexibility index (Phi) is 5.62. The van der Waals surface area contributed by atoms with Gasteiger partial charge in [0.2, 0.25) is 0 Å². The summed E-state index contributed by atoms with van der Waals surface area (Å²) in [4.78, 5) is 12.0. The highest BCUT2D eigenvalue weighted by molar-refractivity contribution is 5.95. The first-order chi connectivity index (χ1) is 12.7. The molecule has 0 aliphatic heterocycles. The third kappa shape index (κ3) is 4.95. The second-order valence-corrected chi connectivity index (χ2v) is 5.67. The van der Waals surface area contributed by atoms with Crippen molar-refractivity contribution in [3.63, 3.8) is 0 Å².